The minimum absolute atomic E-state index is 0.731. The van der Waals surface area contributed by atoms with Gasteiger partial charge in [0.2, 0.25) is 0 Å². The highest BCUT2D eigenvalue weighted by atomic mass is 35.5. The third kappa shape index (κ3) is 1.36. The molecule has 1 heterocycles. The predicted molar refractivity (Wildman–Crippen MR) is 48.0 cm³/mol. The van der Waals surface area contributed by atoms with E-state index in [1.54, 1.807) is 6.07 Å². The van der Waals surface area contributed by atoms with Gasteiger partial charge in [-0.3, -0.25) is 0 Å². The summed E-state index contributed by atoms with van der Waals surface area (Å²) >= 11 is 5.73. The molecule has 12 heavy (non-hydrogen) atoms. The molecule has 0 saturated heterocycles. The van der Waals surface area contributed by atoms with Crippen LogP contribution in [0.15, 0.2) is 40.8 Å². The summed E-state index contributed by atoms with van der Waals surface area (Å²) in [5.74, 6) is 0.812. The standard InChI is InChI=1S/C10H6ClO/c11-9-5-3-8(4-6-9)10-2-1-7-12-10/h1-6H. The molecule has 0 atom stereocenters. The van der Waals surface area contributed by atoms with Crippen molar-refractivity contribution in [3.63, 3.8) is 0 Å². The van der Waals surface area contributed by atoms with Crippen molar-refractivity contribution >= 4 is 11.6 Å². The maximum absolute atomic E-state index is 5.73. The van der Waals surface area contributed by atoms with E-state index in [9.17, 15) is 0 Å². The van der Waals surface area contributed by atoms with Gasteiger partial charge in [-0.15, -0.1) is 0 Å². The van der Waals surface area contributed by atoms with Crippen LogP contribution in [0.25, 0.3) is 11.3 Å². The zero-order valence-corrected chi connectivity index (χ0v) is 7.01. The van der Waals surface area contributed by atoms with Crippen molar-refractivity contribution in [1.82, 2.24) is 0 Å². The molecule has 2 rings (SSSR count). The smallest absolute Gasteiger partial charge is 0.170 e. The van der Waals surface area contributed by atoms with Crippen LogP contribution >= 0.6 is 11.6 Å². The molecule has 59 valence electrons. The van der Waals surface area contributed by atoms with Gasteiger partial charge >= 0.3 is 0 Å². The summed E-state index contributed by atoms with van der Waals surface area (Å²) in [7, 11) is 0. The number of hydrogen-bond donors (Lipinski definition) is 0. The Morgan fingerprint density at radius 3 is 2.42 bits per heavy atom. The van der Waals surface area contributed by atoms with Crippen LogP contribution in [0.4, 0.5) is 0 Å². The van der Waals surface area contributed by atoms with E-state index in [1.165, 1.54) is 0 Å². The Kier molecular flexibility index (Phi) is 1.88. The van der Waals surface area contributed by atoms with Crippen LogP contribution in [-0.2, 0) is 0 Å². The molecule has 0 unspecified atom stereocenters. The first-order chi connectivity index (χ1) is 5.86. The molecule has 0 spiro atoms. The monoisotopic (exact) mass is 177 g/mol. The molecule has 0 fully saturated rings. The second-order valence-electron chi connectivity index (χ2n) is 2.42. The molecule has 0 bridgehead atoms. The van der Waals surface area contributed by atoms with Gasteiger partial charge in [0, 0.05) is 10.6 Å². The molecule has 0 amide bonds. The van der Waals surface area contributed by atoms with Crippen molar-refractivity contribution in [2.45, 2.75) is 0 Å². The van der Waals surface area contributed by atoms with Gasteiger partial charge in [-0.05, 0) is 36.4 Å². The Labute approximate surface area is 75.6 Å². The van der Waals surface area contributed by atoms with E-state index < -0.39 is 0 Å². The van der Waals surface area contributed by atoms with Crippen molar-refractivity contribution < 1.29 is 4.42 Å². The first-order valence-corrected chi connectivity index (χ1v) is 3.96. The molecule has 0 aliphatic heterocycles. The fraction of sp³-hybridized carbons (Fsp3) is 0. The number of furan rings is 1. The SMILES string of the molecule is Clc1ccc(-c2cc[c]o2)cc1. The predicted octanol–water partition coefficient (Wildman–Crippen LogP) is 3.40. The summed E-state index contributed by atoms with van der Waals surface area (Å²) < 4.78 is 5.09. The molecule has 1 aromatic carbocycles. The highest BCUT2D eigenvalue weighted by molar-refractivity contribution is 6.30. The molecule has 1 nitrogen and oxygen atoms in total. The van der Waals surface area contributed by atoms with E-state index in [4.69, 9.17) is 16.0 Å². The maximum atomic E-state index is 5.73. The van der Waals surface area contributed by atoms with Crippen LogP contribution in [0.2, 0.25) is 5.02 Å². The van der Waals surface area contributed by atoms with Crippen LogP contribution in [0, 0.1) is 6.26 Å². The zero-order valence-electron chi connectivity index (χ0n) is 6.25. The highest BCUT2D eigenvalue weighted by Gasteiger charge is 1.98. The molecule has 0 aliphatic carbocycles. The lowest BCUT2D eigenvalue weighted by Gasteiger charge is -1.94. The van der Waals surface area contributed by atoms with Gasteiger partial charge in [0.05, 0.1) is 0 Å². The van der Waals surface area contributed by atoms with Crippen molar-refractivity contribution in [3.8, 4) is 11.3 Å². The van der Waals surface area contributed by atoms with Crippen LogP contribution in [0.5, 0.6) is 0 Å². The minimum atomic E-state index is 0.731. The topological polar surface area (TPSA) is 13.1 Å². The van der Waals surface area contributed by atoms with Gasteiger partial charge in [-0.1, -0.05) is 11.6 Å². The third-order valence-electron chi connectivity index (χ3n) is 1.60. The first kappa shape index (κ1) is 7.44. The molecule has 1 radical (unpaired) electrons. The van der Waals surface area contributed by atoms with Crippen molar-refractivity contribution in [3.05, 3.63) is 47.7 Å². The maximum Gasteiger partial charge on any atom is 0.170 e. The average molecular weight is 178 g/mol. The molecule has 2 aromatic rings. The normalized spacial score (nSPS) is 10.1. The van der Waals surface area contributed by atoms with Crippen LogP contribution in [-0.4, -0.2) is 0 Å². The molecule has 0 N–H and O–H groups in total. The Hall–Kier alpha value is -1.21. The summed E-state index contributed by atoms with van der Waals surface area (Å²) in [6, 6.07) is 11.1. The summed E-state index contributed by atoms with van der Waals surface area (Å²) in [4.78, 5) is 0. The Morgan fingerprint density at radius 1 is 1.08 bits per heavy atom. The van der Waals surface area contributed by atoms with E-state index in [2.05, 4.69) is 6.26 Å². The average Bonchev–Trinajstić information content (AvgIpc) is 2.58. The second-order valence-corrected chi connectivity index (χ2v) is 2.86. The van der Waals surface area contributed by atoms with Crippen molar-refractivity contribution in [1.29, 1.82) is 0 Å². The Bertz CT molecular complexity index is 348. The van der Waals surface area contributed by atoms with Gasteiger partial charge in [0.15, 0.2) is 6.26 Å². The first-order valence-electron chi connectivity index (χ1n) is 3.58. The largest absolute Gasteiger partial charge is 0.453 e. The van der Waals surface area contributed by atoms with Crippen molar-refractivity contribution in [2.24, 2.45) is 0 Å². The lowest BCUT2D eigenvalue weighted by Crippen LogP contribution is -1.71. The van der Waals surface area contributed by atoms with Crippen molar-refractivity contribution in [2.75, 3.05) is 0 Å². The van der Waals surface area contributed by atoms with E-state index in [0.717, 1.165) is 16.3 Å². The van der Waals surface area contributed by atoms with E-state index in [0.29, 0.717) is 0 Å². The van der Waals surface area contributed by atoms with Gasteiger partial charge in [-0.2, -0.15) is 0 Å². The summed E-state index contributed by atoms with van der Waals surface area (Å²) in [6.45, 7) is 0. The van der Waals surface area contributed by atoms with E-state index in [1.807, 2.05) is 30.3 Å². The number of hydrogen-bond acceptors (Lipinski definition) is 1. The van der Waals surface area contributed by atoms with Gasteiger partial charge in [-0.25, -0.2) is 0 Å². The number of benzene rings is 1. The van der Waals surface area contributed by atoms with Crippen LogP contribution in [0.3, 0.4) is 0 Å². The number of halogens is 1. The summed E-state index contributed by atoms with van der Waals surface area (Å²) in [5.41, 5.74) is 1.01. The molecular weight excluding hydrogens is 172 g/mol. The molecule has 2 heteroatoms. The fourth-order valence-electron chi connectivity index (χ4n) is 1.01. The second kappa shape index (κ2) is 3.03. The molecule has 1 aromatic heterocycles. The highest BCUT2D eigenvalue weighted by Crippen LogP contribution is 2.20. The summed E-state index contributed by atoms with van der Waals surface area (Å²) in [6.07, 6.45) is 2.63. The fourth-order valence-corrected chi connectivity index (χ4v) is 1.14. The van der Waals surface area contributed by atoms with Crippen LogP contribution < -0.4 is 0 Å². The van der Waals surface area contributed by atoms with E-state index in [-0.39, 0.29) is 0 Å². The zero-order chi connectivity index (χ0) is 8.39. The van der Waals surface area contributed by atoms with Gasteiger partial charge < -0.3 is 4.42 Å². The van der Waals surface area contributed by atoms with E-state index >= 15 is 0 Å². The molecule has 0 aliphatic rings. The minimum Gasteiger partial charge on any atom is -0.453 e. The Morgan fingerprint density at radius 2 is 1.83 bits per heavy atom. The quantitative estimate of drug-likeness (QED) is 0.651. The van der Waals surface area contributed by atoms with Gasteiger partial charge in [0.1, 0.15) is 5.76 Å². The molecular formula is C10H6ClO. The third-order valence-corrected chi connectivity index (χ3v) is 1.85. The lowest BCUT2D eigenvalue weighted by atomic mass is 10.2. The van der Waals surface area contributed by atoms with Crippen LogP contribution in [0.1, 0.15) is 0 Å². The summed E-state index contributed by atoms with van der Waals surface area (Å²) in [5, 5.41) is 0.731. The molecule has 0 saturated carbocycles. The Balaban J connectivity index is 2.43. The lowest BCUT2D eigenvalue weighted by molar-refractivity contribution is 0.573. The van der Waals surface area contributed by atoms with Gasteiger partial charge in [0.25, 0.3) is 0 Å². The number of rotatable bonds is 1.